The average molecular weight is 323 g/mol. The van der Waals surface area contributed by atoms with Crippen molar-refractivity contribution in [3.8, 4) is 11.5 Å². The number of methoxy groups -OCH3 is 2. The highest BCUT2D eigenvalue weighted by molar-refractivity contribution is 5.53. The molecule has 126 valence electrons. The Hall–Kier alpha value is -2.00. The minimum Gasteiger partial charge on any atom is -0.493 e. The number of benzene rings is 2. The SMILES string of the molecule is COc1cc2c(cc1OC)[C@H]1c3ccccc3CCC1N(C)CC2. The normalized spacial score (nSPS) is 22.8. The zero-order valence-electron chi connectivity index (χ0n) is 14.7. The minimum atomic E-state index is 0.414. The third-order valence-electron chi connectivity index (χ3n) is 5.76. The number of hydrogen-bond acceptors (Lipinski definition) is 3. The molecule has 24 heavy (non-hydrogen) atoms. The summed E-state index contributed by atoms with van der Waals surface area (Å²) in [7, 11) is 5.71. The van der Waals surface area contributed by atoms with Crippen LogP contribution in [0.2, 0.25) is 0 Å². The molecule has 1 aliphatic carbocycles. The third kappa shape index (κ3) is 2.39. The van der Waals surface area contributed by atoms with Crippen molar-refractivity contribution in [1.29, 1.82) is 0 Å². The molecule has 1 unspecified atom stereocenters. The lowest BCUT2D eigenvalue weighted by Gasteiger charge is -2.38. The van der Waals surface area contributed by atoms with Crippen LogP contribution in [0.4, 0.5) is 0 Å². The number of aryl methyl sites for hydroxylation is 1. The van der Waals surface area contributed by atoms with Crippen LogP contribution in [0.5, 0.6) is 11.5 Å². The van der Waals surface area contributed by atoms with Gasteiger partial charge in [-0.05, 0) is 60.7 Å². The maximum atomic E-state index is 5.60. The summed E-state index contributed by atoms with van der Waals surface area (Å²) in [5.74, 6) is 2.08. The van der Waals surface area contributed by atoms with Gasteiger partial charge in [-0.1, -0.05) is 24.3 Å². The molecular weight excluding hydrogens is 298 g/mol. The van der Waals surface area contributed by atoms with Crippen LogP contribution in [0.25, 0.3) is 0 Å². The van der Waals surface area contributed by atoms with Crippen LogP contribution >= 0.6 is 0 Å². The smallest absolute Gasteiger partial charge is 0.161 e. The second-order valence-corrected chi connectivity index (χ2v) is 6.92. The van der Waals surface area contributed by atoms with E-state index in [1.165, 1.54) is 35.1 Å². The van der Waals surface area contributed by atoms with Gasteiger partial charge in [-0.3, -0.25) is 0 Å². The summed E-state index contributed by atoms with van der Waals surface area (Å²) in [6.45, 7) is 1.09. The molecule has 3 nitrogen and oxygen atoms in total. The lowest BCUT2D eigenvalue weighted by molar-refractivity contribution is 0.214. The van der Waals surface area contributed by atoms with Gasteiger partial charge in [0.2, 0.25) is 0 Å². The summed E-state index contributed by atoms with van der Waals surface area (Å²) >= 11 is 0. The molecule has 0 radical (unpaired) electrons. The van der Waals surface area contributed by atoms with Gasteiger partial charge in [0.1, 0.15) is 0 Å². The zero-order chi connectivity index (χ0) is 16.7. The third-order valence-corrected chi connectivity index (χ3v) is 5.76. The van der Waals surface area contributed by atoms with E-state index in [9.17, 15) is 0 Å². The number of fused-ring (bicyclic) bond motifs is 5. The molecule has 2 aromatic rings. The molecule has 2 aliphatic rings. The van der Waals surface area contributed by atoms with Crippen molar-refractivity contribution in [2.45, 2.75) is 31.2 Å². The Balaban J connectivity index is 1.92. The first-order chi connectivity index (χ1) is 11.7. The Bertz CT molecular complexity index is 755. The van der Waals surface area contributed by atoms with E-state index < -0.39 is 0 Å². The lowest BCUT2D eigenvalue weighted by atomic mass is 9.74. The summed E-state index contributed by atoms with van der Waals surface area (Å²) in [4.78, 5) is 2.54. The number of hydrogen-bond donors (Lipinski definition) is 0. The van der Waals surface area contributed by atoms with E-state index in [0.717, 1.165) is 24.5 Å². The predicted octanol–water partition coefficient (Wildman–Crippen LogP) is 3.64. The summed E-state index contributed by atoms with van der Waals surface area (Å²) in [5.41, 5.74) is 5.78. The van der Waals surface area contributed by atoms with Crippen molar-refractivity contribution < 1.29 is 9.47 Å². The van der Waals surface area contributed by atoms with Gasteiger partial charge in [-0.2, -0.15) is 0 Å². The molecule has 3 heteroatoms. The number of ether oxygens (including phenoxy) is 2. The molecule has 0 fully saturated rings. The Morgan fingerprint density at radius 1 is 0.917 bits per heavy atom. The summed E-state index contributed by atoms with van der Waals surface area (Å²) < 4.78 is 11.1. The van der Waals surface area contributed by atoms with Crippen LogP contribution in [-0.2, 0) is 12.8 Å². The fraction of sp³-hybridized carbons (Fsp3) is 0.429. The molecule has 4 rings (SSSR count). The standard InChI is InChI=1S/C21H25NO2/c1-22-11-10-15-12-19(23-2)20(24-3)13-17(15)21-16-7-5-4-6-14(16)8-9-18(21)22/h4-7,12-13,18,21H,8-11H2,1-3H3/t18?,21-/m1/s1. The first-order valence-corrected chi connectivity index (χ1v) is 8.75. The van der Waals surface area contributed by atoms with E-state index >= 15 is 0 Å². The molecule has 2 atom stereocenters. The fourth-order valence-electron chi connectivity index (χ4n) is 4.50. The Kier molecular flexibility index (Phi) is 3.97. The quantitative estimate of drug-likeness (QED) is 0.842. The van der Waals surface area contributed by atoms with E-state index in [1.807, 2.05) is 0 Å². The van der Waals surface area contributed by atoms with Crippen LogP contribution in [0.3, 0.4) is 0 Å². The van der Waals surface area contributed by atoms with E-state index in [1.54, 1.807) is 14.2 Å². The van der Waals surface area contributed by atoms with Gasteiger partial charge in [0.15, 0.2) is 11.5 Å². The monoisotopic (exact) mass is 323 g/mol. The van der Waals surface area contributed by atoms with Crippen LogP contribution in [0.15, 0.2) is 36.4 Å². The van der Waals surface area contributed by atoms with Gasteiger partial charge in [0.05, 0.1) is 14.2 Å². The second-order valence-electron chi connectivity index (χ2n) is 6.92. The molecular formula is C21H25NO2. The van der Waals surface area contributed by atoms with Crippen molar-refractivity contribution >= 4 is 0 Å². The van der Waals surface area contributed by atoms with Crippen LogP contribution in [-0.4, -0.2) is 38.8 Å². The summed E-state index contributed by atoms with van der Waals surface area (Å²) in [6.07, 6.45) is 3.44. The molecule has 1 aliphatic heterocycles. The summed E-state index contributed by atoms with van der Waals surface area (Å²) in [6, 6.07) is 13.9. The first-order valence-electron chi connectivity index (χ1n) is 8.75. The lowest BCUT2D eigenvalue weighted by Crippen LogP contribution is -2.39. The molecule has 0 bridgehead atoms. The van der Waals surface area contributed by atoms with Gasteiger partial charge < -0.3 is 14.4 Å². The highest BCUT2D eigenvalue weighted by atomic mass is 16.5. The Labute approximate surface area is 144 Å². The van der Waals surface area contributed by atoms with E-state index in [0.29, 0.717) is 12.0 Å². The van der Waals surface area contributed by atoms with Crippen molar-refractivity contribution in [3.05, 3.63) is 58.7 Å². The van der Waals surface area contributed by atoms with Crippen molar-refractivity contribution in [1.82, 2.24) is 4.90 Å². The number of likely N-dealkylation sites (N-methyl/N-ethyl adjacent to an activating group) is 1. The van der Waals surface area contributed by atoms with Crippen molar-refractivity contribution in [2.75, 3.05) is 27.8 Å². The Morgan fingerprint density at radius 3 is 2.46 bits per heavy atom. The molecule has 2 aromatic carbocycles. The molecule has 0 N–H and O–H groups in total. The number of nitrogens with zero attached hydrogens (tertiary/aromatic N) is 1. The maximum Gasteiger partial charge on any atom is 0.161 e. The molecule has 1 heterocycles. The van der Waals surface area contributed by atoms with Crippen molar-refractivity contribution in [2.24, 2.45) is 0 Å². The number of rotatable bonds is 2. The molecule has 0 saturated carbocycles. The average Bonchev–Trinajstić information content (AvgIpc) is 2.77. The highest BCUT2D eigenvalue weighted by Gasteiger charge is 2.36. The largest absolute Gasteiger partial charge is 0.493 e. The topological polar surface area (TPSA) is 21.7 Å². The maximum absolute atomic E-state index is 5.60. The van der Waals surface area contributed by atoms with Gasteiger partial charge in [-0.25, -0.2) is 0 Å². The zero-order valence-corrected chi connectivity index (χ0v) is 14.7. The van der Waals surface area contributed by atoms with Crippen LogP contribution < -0.4 is 9.47 Å². The van der Waals surface area contributed by atoms with Gasteiger partial charge in [0, 0.05) is 18.5 Å². The molecule has 0 amide bonds. The summed E-state index contributed by atoms with van der Waals surface area (Å²) in [5, 5.41) is 0. The molecule has 0 spiro atoms. The second kappa shape index (κ2) is 6.14. The van der Waals surface area contributed by atoms with Gasteiger partial charge in [-0.15, -0.1) is 0 Å². The van der Waals surface area contributed by atoms with E-state index in [-0.39, 0.29) is 0 Å². The van der Waals surface area contributed by atoms with Crippen molar-refractivity contribution in [3.63, 3.8) is 0 Å². The van der Waals surface area contributed by atoms with E-state index in [4.69, 9.17) is 9.47 Å². The van der Waals surface area contributed by atoms with Crippen LogP contribution in [0.1, 0.15) is 34.6 Å². The van der Waals surface area contributed by atoms with E-state index in [2.05, 4.69) is 48.3 Å². The predicted molar refractivity (Wildman–Crippen MR) is 96.3 cm³/mol. The molecule has 0 aromatic heterocycles. The Morgan fingerprint density at radius 2 is 1.67 bits per heavy atom. The fourth-order valence-corrected chi connectivity index (χ4v) is 4.50. The van der Waals surface area contributed by atoms with Gasteiger partial charge >= 0.3 is 0 Å². The highest BCUT2D eigenvalue weighted by Crippen LogP contribution is 2.45. The first kappa shape index (κ1) is 15.5. The van der Waals surface area contributed by atoms with Crippen LogP contribution in [0, 0.1) is 0 Å². The minimum absolute atomic E-state index is 0.414. The molecule has 0 saturated heterocycles. The van der Waals surface area contributed by atoms with Gasteiger partial charge in [0.25, 0.3) is 0 Å².